The number of alkyl halides is 1. The molecule has 0 aliphatic rings. The van der Waals surface area contributed by atoms with E-state index in [2.05, 4.69) is 52.5 Å². The fraction of sp³-hybridized carbons (Fsp3) is 0.402. The highest BCUT2D eigenvalue weighted by atomic mass is 35.5. The number of phenols is 2. The molecular formula is C92H113Cl2N7O18. The fourth-order valence-electron chi connectivity index (χ4n) is 12.5. The van der Waals surface area contributed by atoms with E-state index in [1.165, 1.54) is 14.2 Å². The number of rotatable bonds is 34. The topological polar surface area (TPSA) is 369 Å². The number of Topliss-reactive ketones (excluding diaryl/α,β-unsaturated/α-hetero) is 6. The molecule has 5 N–H and O–H groups in total. The lowest BCUT2D eigenvalue weighted by molar-refractivity contribution is -0.144. The van der Waals surface area contributed by atoms with Crippen molar-refractivity contribution in [3.63, 3.8) is 0 Å². The van der Waals surface area contributed by atoms with Gasteiger partial charge in [-0.1, -0.05) is 70.2 Å². The van der Waals surface area contributed by atoms with Crippen molar-refractivity contribution in [2.45, 2.75) is 190 Å². The molecule has 11 aromatic rings. The Hall–Kier alpha value is -11.4. The average Bonchev–Trinajstić information content (AvgIpc) is 1.75. The van der Waals surface area contributed by atoms with Gasteiger partial charge in [0.15, 0.2) is 0 Å². The third kappa shape index (κ3) is 34.6. The van der Waals surface area contributed by atoms with Gasteiger partial charge in [-0.05, 0) is 220 Å². The van der Waals surface area contributed by atoms with Crippen LogP contribution in [0.5, 0.6) is 11.5 Å². The van der Waals surface area contributed by atoms with E-state index < -0.39 is 35.0 Å². The number of hydrogen-bond donors (Lipinski definition) is 4. The summed E-state index contributed by atoms with van der Waals surface area (Å²) in [6, 6.07) is 39.8. The molecule has 25 nitrogen and oxygen atoms in total. The van der Waals surface area contributed by atoms with Crippen molar-refractivity contribution in [3.05, 3.63) is 219 Å². The van der Waals surface area contributed by atoms with E-state index in [0.29, 0.717) is 88.5 Å². The molecule has 0 saturated heterocycles. The standard InChI is InChI=1S/C29H40N4O3.C18H22O3.C14H14O4.C12H14O4.C9H9NO.C6H9ClN2.C4H5ClO3/c1-19(2)8-12-27(35)29(17-24-15-21(4)30-32(24)6,18-25-16-22(5)31-33(25)7)28(36)13-10-23-9-11-26(34)20(3)14-23;1-13(2)3-6-16(19)12-17(20)7-4-14-5-8-18-15(11-14)9-10-21-18;1-17-14(16)9-12(15)4-2-10-3-5-13-11(8-10)6-7-18-13;1-8-6-9(3-5-11(8)14)2-4-10(13)7-12(15)16;10-6-7-1-2-9-8(5-7)3-4-11-9;1-5-3-6(4-7)9(2)8-5;1-8-4(7)2-3(5)6/h9,11,14-16,19,34H,8,10,12-13,17-18H2,1-7H3;5,8-11,13H,3-4,6-7,12H2,1-2H3;3,5-8H,2,4,9H2,1H3;3,5-6,14H,2,4,7H2,1H3,(H,15,16);1-5H,6,10H2;3H,4H2,1-2H3;2H2,1H3. The lowest BCUT2D eigenvalue weighted by Gasteiger charge is -2.32. The molecule has 6 heterocycles. The highest BCUT2D eigenvalue weighted by Crippen LogP contribution is 2.36. The molecule has 0 atom stereocenters. The highest BCUT2D eigenvalue weighted by Gasteiger charge is 2.46. The molecule has 6 aromatic heterocycles. The van der Waals surface area contributed by atoms with E-state index in [1.54, 1.807) is 64.0 Å². The van der Waals surface area contributed by atoms with Crippen LogP contribution in [0, 0.1) is 51.9 Å². The average molecular weight is 1680 g/mol. The molecule has 5 aromatic carbocycles. The van der Waals surface area contributed by atoms with E-state index in [0.717, 1.165) is 119 Å². The SMILES string of the molecule is CC(C)CCC(=O)CC(=O)CCc1ccc2occc2c1.COC(=O)CC(=O)CCc1ccc2occc2c1.COC(=O)CC(=O)Cl.Cc1cc(CC(Cc2cc(C)nn2C)(C(=O)CCc2ccc(O)c(C)c2)C(=O)CCC(C)C)n(C)n1.Cc1cc(CCC(=O)CC(=O)O)ccc1O.Cc1cc(CCl)n(C)n1.NCc1ccc2occc2c1. The molecule has 119 heavy (non-hydrogen) atoms. The summed E-state index contributed by atoms with van der Waals surface area (Å²) in [6.45, 7) is 18.4. The fourth-order valence-corrected chi connectivity index (χ4v) is 12.9. The Balaban J connectivity index is 0.000000263. The highest BCUT2D eigenvalue weighted by molar-refractivity contribution is 6.64. The summed E-state index contributed by atoms with van der Waals surface area (Å²) in [5.74, 6) is -0.658. The zero-order valence-electron chi connectivity index (χ0n) is 70.6. The van der Waals surface area contributed by atoms with Gasteiger partial charge in [0.05, 0.1) is 73.5 Å². The number of aromatic hydroxyl groups is 2. The number of hydrogen-bond acceptors (Lipinski definition) is 21. The Labute approximate surface area is 704 Å². The first-order valence-corrected chi connectivity index (χ1v) is 40.2. The molecule has 0 radical (unpaired) electrons. The van der Waals surface area contributed by atoms with E-state index in [-0.39, 0.29) is 78.3 Å². The Morgan fingerprint density at radius 1 is 0.445 bits per heavy atom. The maximum atomic E-state index is 14.2. The minimum Gasteiger partial charge on any atom is -0.508 e. The molecule has 0 spiro atoms. The van der Waals surface area contributed by atoms with Crippen LogP contribution in [-0.4, -0.2) is 117 Å². The molecule has 0 saturated carbocycles. The lowest BCUT2D eigenvalue weighted by atomic mass is 9.69. The van der Waals surface area contributed by atoms with Crippen LogP contribution in [0.3, 0.4) is 0 Å². The first-order valence-electron chi connectivity index (χ1n) is 39.3. The Morgan fingerprint density at radius 2 is 0.790 bits per heavy atom. The summed E-state index contributed by atoms with van der Waals surface area (Å²) < 4.78 is 29.6. The minimum atomic E-state index is -1.21. The summed E-state index contributed by atoms with van der Waals surface area (Å²) in [4.78, 5) is 116. The van der Waals surface area contributed by atoms with Gasteiger partial charge in [0, 0.05) is 107 Å². The van der Waals surface area contributed by atoms with Gasteiger partial charge in [-0.15, -0.1) is 11.6 Å². The molecule has 11 rings (SSSR count). The molecule has 0 aliphatic carbocycles. The number of nitrogens with zero attached hydrogens (tertiary/aromatic N) is 6. The maximum absolute atomic E-state index is 14.2. The largest absolute Gasteiger partial charge is 0.508 e. The number of esters is 2. The van der Waals surface area contributed by atoms with Crippen molar-refractivity contribution in [3.8, 4) is 11.5 Å². The van der Waals surface area contributed by atoms with E-state index in [4.69, 9.17) is 47.3 Å². The summed E-state index contributed by atoms with van der Waals surface area (Å²) in [5.41, 5.74) is 19.1. The van der Waals surface area contributed by atoms with Crippen LogP contribution >= 0.6 is 23.2 Å². The maximum Gasteiger partial charge on any atom is 0.314 e. The van der Waals surface area contributed by atoms with Crippen molar-refractivity contribution in [1.82, 2.24) is 29.3 Å². The van der Waals surface area contributed by atoms with E-state index >= 15 is 0 Å². The number of phenolic OH excluding ortho intramolecular Hbond substituents is 2. The Bertz CT molecular complexity index is 5140. The smallest absolute Gasteiger partial charge is 0.314 e. The predicted molar refractivity (Wildman–Crippen MR) is 458 cm³/mol. The number of ketones is 6. The summed E-state index contributed by atoms with van der Waals surface area (Å²) in [6.07, 6.45) is 10.8. The van der Waals surface area contributed by atoms with Gasteiger partial charge in [0.2, 0.25) is 5.24 Å². The number of carboxylic acids is 1. The number of aliphatic carboxylic acids is 1. The van der Waals surface area contributed by atoms with E-state index in [1.807, 2.05) is 152 Å². The van der Waals surface area contributed by atoms with Gasteiger partial charge in [0.25, 0.3) is 0 Å². The molecule has 27 heteroatoms. The van der Waals surface area contributed by atoms with Gasteiger partial charge in [-0.25, -0.2) is 0 Å². The van der Waals surface area contributed by atoms with Crippen LogP contribution < -0.4 is 5.73 Å². The number of furan rings is 3. The number of carbonyl (C=O) groups excluding carboxylic acids is 9. The molecule has 638 valence electrons. The number of halogens is 2. The van der Waals surface area contributed by atoms with Crippen LogP contribution in [0.25, 0.3) is 32.9 Å². The first-order chi connectivity index (χ1) is 56.4. The van der Waals surface area contributed by atoms with Crippen molar-refractivity contribution in [2.75, 3.05) is 14.2 Å². The molecule has 0 bridgehead atoms. The second-order valence-corrected chi connectivity index (χ2v) is 30.8. The Kier molecular flexibility index (Phi) is 41.0. The van der Waals surface area contributed by atoms with Crippen molar-refractivity contribution in [1.29, 1.82) is 0 Å². The normalized spacial score (nSPS) is 10.8. The molecule has 0 amide bonds. The second-order valence-electron chi connectivity index (χ2n) is 30.1. The zero-order chi connectivity index (χ0) is 88.1. The number of benzene rings is 5. The van der Waals surface area contributed by atoms with Gasteiger partial charge >= 0.3 is 17.9 Å². The van der Waals surface area contributed by atoms with Crippen LogP contribution in [0.4, 0.5) is 0 Å². The number of aromatic nitrogens is 6. The molecule has 0 aliphatic heterocycles. The second kappa shape index (κ2) is 49.7. The van der Waals surface area contributed by atoms with Gasteiger partial charge in [-0.2, -0.15) is 15.3 Å². The third-order valence-corrected chi connectivity index (χ3v) is 19.7. The summed E-state index contributed by atoms with van der Waals surface area (Å²) in [7, 11) is 8.10. The number of fused-ring (bicyclic) bond motifs is 3. The van der Waals surface area contributed by atoms with Crippen LogP contribution in [0.2, 0.25) is 0 Å². The molecular weight excluding hydrogens is 1560 g/mol. The number of ether oxygens (including phenoxy) is 2. The molecule has 0 unspecified atom stereocenters. The van der Waals surface area contributed by atoms with E-state index in [9.17, 15) is 58.2 Å². The monoisotopic (exact) mass is 1670 g/mol. The number of nitrogens with two attached hydrogens (primary N) is 1. The van der Waals surface area contributed by atoms with Crippen LogP contribution in [-0.2, 0) is 130 Å². The first kappa shape index (κ1) is 98.2. The lowest BCUT2D eigenvalue weighted by Crippen LogP contribution is -2.44. The number of carbonyl (C=O) groups is 10. The van der Waals surface area contributed by atoms with Crippen molar-refractivity contribution >= 4 is 114 Å². The summed E-state index contributed by atoms with van der Waals surface area (Å²) in [5, 5.41) is 43.2. The van der Waals surface area contributed by atoms with Crippen LogP contribution in [0.15, 0.2) is 159 Å². The van der Waals surface area contributed by atoms with Gasteiger partial charge in [0.1, 0.15) is 82.2 Å². The third-order valence-electron chi connectivity index (χ3n) is 19.3. The number of carboxylic acid groups (broad SMARTS) is 1. The zero-order valence-corrected chi connectivity index (χ0v) is 72.1. The van der Waals surface area contributed by atoms with Crippen molar-refractivity contribution < 1.29 is 86.0 Å². The van der Waals surface area contributed by atoms with Gasteiger partial charge < -0.3 is 43.8 Å². The predicted octanol–water partition coefficient (Wildman–Crippen LogP) is 16.9. The Morgan fingerprint density at radius 3 is 1.14 bits per heavy atom. The summed E-state index contributed by atoms with van der Waals surface area (Å²) >= 11 is 10.4. The van der Waals surface area contributed by atoms with Crippen LogP contribution in [0.1, 0.15) is 178 Å². The number of aryl methyl sites for hydroxylation is 12. The van der Waals surface area contributed by atoms with Gasteiger partial charge in [-0.3, -0.25) is 62.0 Å². The quantitative estimate of drug-likeness (QED) is 0.0126. The number of methoxy groups -OCH3 is 2. The molecule has 0 fully saturated rings. The van der Waals surface area contributed by atoms with Crippen molar-refractivity contribution in [2.24, 2.45) is 44.1 Å². The minimum absolute atomic E-state index is 0.0132.